The first-order valence-corrected chi connectivity index (χ1v) is 7.40. The lowest BCUT2D eigenvalue weighted by molar-refractivity contribution is 1.28. The number of nitrogens with zero attached hydrogens (tertiary/aromatic N) is 1. The third kappa shape index (κ3) is 1.18. The van der Waals surface area contributed by atoms with Gasteiger partial charge in [0.25, 0.3) is 0 Å². The lowest BCUT2D eigenvalue weighted by Gasteiger charge is -2.05. The topological polar surface area (TPSA) is 4.41 Å². The number of aromatic nitrogens is 1. The lowest BCUT2D eigenvalue weighted by atomic mass is 10.0. The molecule has 0 saturated heterocycles. The molecule has 1 nitrogen and oxygen atoms in total. The molecule has 0 unspecified atom stereocenters. The van der Waals surface area contributed by atoms with Crippen LogP contribution >= 0.6 is 0 Å². The Morgan fingerprint density at radius 2 is 0.952 bits per heavy atom. The van der Waals surface area contributed by atoms with Gasteiger partial charge >= 0.3 is 0 Å². The molecule has 5 rings (SSSR count). The number of fused-ring (bicyclic) bond motifs is 6. The molecule has 0 aliphatic rings. The van der Waals surface area contributed by atoms with Crippen LogP contribution in [0.25, 0.3) is 38.1 Å². The molecule has 0 atom stereocenters. The quantitative estimate of drug-likeness (QED) is 0.352. The summed E-state index contributed by atoms with van der Waals surface area (Å²) < 4.78 is 2.47. The molecule has 0 radical (unpaired) electrons. The van der Waals surface area contributed by atoms with Gasteiger partial charge in [-0.25, -0.2) is 0 Å². The Balaban J connectivity index is 2.33. The number of rotatable bonds is 0. The summed E-state index contributed by atoms with van der Waals surface area (Å²) in [6.45, 7) is 4.44. The van der Waals surface area contributed by atoms with E-state index in [4.69, 9.17) is 0 Å². The highest BCUT2D eigenvalue weighted by Gasteiger charge is 2.19. The van der Waals surface area contributed by atoms with Crippen LogP contribution in [0.3, 0.4) is 0 Å². The minimum atomic E-state index is 1.35. The van der Waals surface area contributed by atoms with E-state index in [1.807, 2.05) is 0 Å². The molecule has 5 aromatic rings. The molecule has 3 heterocycles. The second kappa shape index (κ2) is 3.56. The summed E-state index contributed by atoms with van der Waals surface area (Å²) in [5.74, 6) is 0. The number of hydrogen-bond donors (Lipinski definition) is 0. The molecule has 0 aliphatic heterocycles. The van der Waals surface area contributed by atoms with E-state index in [0.29, 0.717) is 0 Å². The van der Waals surface area contributed by atoms with Crippen LogP contribution in [-0.2, 0) is 0 Å². The van der Waals surface area contributed by atoms with Crippen molar-refractivity contribution < 1.29 is 0 Å². The van der Waals surface area contributed by atoms with Crippen molar-refractivity contribution in [2.75, 3.05) is 0 Å². The Kier molecular flexibility index (Phi) is 1.89. The molecule has 0 aliphatic carbocycles. The highest BCUT2D eigenvalue weighted by molar-refractivity contribution is 6.23. The summed E-state index contributed by atoms with van der Waals surface area (Å²) in [5.41, 5.74) is 6.78. The Bertz CT molecular complexity index is 1060. The average Bonchev–Trinajstić information content (AvgIpc) is 2.99. The molecule has 0 spiro atoms. The van der Waals surface area contributed by atoms with Crippen molar-refractivity contribution in [2.45, 2.75) is 13.8 Å². The summed E-state index contributed by atoms with van der Waals surface area (Å²) in [7, 11) is 0. The van der Waals surface area contributed by atoms with Gasteiger partial charge in [-0.2, -0.15) is 0 Å². The van der Waals surface area contributed by atoms with E-state index in [2.05, 4.69) is 72.8 Å². The minimum absolute atomic E-state index is 1.35. The second-order valence-corrected chi connectivity index (χ2v) is 5.98. The molecule has 21 heavy (non-hydrogen) atoms. The molecule has 0 bridgehead atoms. The predicted octanol–water partition coefficient (Wildman–Crippen LogP) is 5.45. The molecule has 0 saturated carbocycles. The number of aryl methyl sites for hydroxylation is 2. The summed E-state index contributed by atoms with van der Waals surface area (Å²) in [6, 6.07) is 19.9. The molecule has 0 fully saturated rings. The van der Waals surface area contributed by atoms with E-state index in [1.165, 1.54) is 49.2 Å². The Morgan fingerprint density at radius 1 is 0.571 bits per heavy atom. The summed E-state index contributed by atoms with van der Waals surface area (Å²) in [4.78, 5) is 0. The third-order valence-corrected chi connectivity index (χ3v) is 4.73. The second-order valence-electron chi connectivity index (χ2n) is 5.98. The van der Waals surface area contributed by atoms with Gasteiger partial charge in [0.15, 0.2) is 0 Å². The maximum Gasteiger partial charge on any atom is 0.0620 e. The fourth-order valence-corrected chi connectivity index (χ4v) is 3.99. The van der Waals surface area contributed by atoms with Gasteiger partial charge in [0.05, 0.1) is 16.6 Å². The standard InChI is InChI=1S/C20H15N/c1-12-11-13(2)19-15-8-4-6-10-17(15)20-16-9-5-3-7-14(16)18(12)21(19)20/h3-11H,1-2H3. The van der Waals surface area contributed by atoms with Crippen LogP contribution in [0, 0.1) is 13.8 Å². The predicted molar refractivity (Wildman–Crippen MR) is 90.6 cm³/mol. The van der Waals surface area contributed by atoms with Gasteiger partial charge in [0, 0.05) is 21.5 Å². The van der Waals surface area contributed by atoms with Crippen LogP contribution < -0.4 is 0 Å². The number of hydrogen-bond acceptors (Lipinski definition) is 0. The molecule has 2 aromatic carbocycles. The fourth-order valence-electron chi connectivity index (χ4n) is 3.99. The first-order valence-electron chi connectivity index (χ1n) is 7.40. The van der Waals surface area contributed by atoms with E-state index in [1.54, 1.807) is 0 Å². The highest BCUT2D eigenvalue weighted by Crippen LogP contribution is 2.40. The Labute approximate surface area is 122 Å². The molecule has 3 aromatic heterocycles. The first kappa shape index (κ1) is 11.2. The van der Waals surface area contributed by atoms with Crippen LogP contribution in [0.15, 0.2) is 54.6 Å². The Morgan fingerprint density at radius 3 is 1.38 bits per heavy atom. The van der Waals surface area contributed by atoms with Crippen LogP contribution in [0.1, 0.15) is 11.1 Å². The third-order valence-electron chi connectivity index (χ3n) is 4.73. The summed E-state index contributed by atoms with van der Waals surface area (Å²) in [6.07, 6.45) is 0. The lowest BCUT2D eigenvalue weighted by Crippen LogP contribution is -1.89. The van der Waals surface area contributed by atoms with Crippen LogP contribution in [0.2, 0.25) is 0 Å². The van der Waals surface area contributed by atoms with E-state index < -0.39 is 0 Å². The van der Waals surface area contributed by atoms with Gasteiger partial charge in [-0.3, -0.25) is 0 Å². The Hall–Kier alpha value is -2.54. The fraction of sp³-hybridized carbons (Fsp3) is 0.100. The highest BCUT2D eigenvalue weighted by atomic mass is 14.9. The zero-order valence-corrected chi connectivity index (χ0v) is 12.1. The molecular weight excluding hydrogens is 254 g/mol. The largest absolute Gasteiger partial charge is 0.307 e. The van der Waals surface area contributed by atoms with Crippen LogP contribution in [0.5, 0.6) is 0 Å². The van der Waals surface area contributed by atoms with Gasteiger partial charge in [0.1, 0.15) is 0 Å². The van der Waals surface area contributed by atoms with Gasteiger partial charge in [-0.05, 0) is 25.0 Å². The van der Waals surface area contributed by atoms with E-state index in [-0.39, 0.29) is 0 Å². The number of benzene rings is 2. The molecule has 1 heteroatoms. The van der Waals surface area contributed by atoms with Crippen molar-refractivity contribution >= 4 is 38.1 Å². The van der Waals surface area contributed by atoms with Gasteiger partial charge < -0.3 is 4.40 Å². The van der Waals surface area contributed by atoms with Crippen molar-refractivity contribution in [3.05, 3.63) is 65.7 Å². The van der Waals surface area contributed by atoms with E-state index in [9.17, 15) is 0 Å². The number of pyridine rings is 1. The maximum absolute atomic E-state index is 2.47. The van der Waals surface area contributed by atoms with Crippen molar-refractivity contribution in [1.82, 2.24) is 4.40 Å². The molecule has 100 valence electrons. The van der Waals surface area contributed by atoms with Crippen molar-refractivity contribution in [1.29, 1.82) is 0 Å². The van der Waals surface area contributed by atoms with Crippen molar-refractivity contribution in [2.24, 2.45) is 0 Å². The van der Waals surface area contributed by atoms with Gasteiger partial charge in [-0.15, -0.1) is 0 Å². The SMILES string of the molecule is Cc1cc(C)c2c3ccccc3c3c4ccccc4c1n23. The smallest absolute Gasteiger partial charge is 0.0620 e. The van der Waals surface area contributed by atoms with Gasteiger partial charge in [0.2, 0.25) is 0 Å². The summed E-state index contributed by atoms with van der Waals surface area (Å²) in [5, 5.41) is 5.44. The zero-order valence-electron chi connectivity index (χ0n) is 12.1. The van der Waals surface area contributed by atoms with Crippen molar-refractivity contribution in [3.8, 4) is 0 Å². The minimum Gasteiger partial charge on any atom is -0.307 e. The van der Waals surface area contributed by atoms with E-state index >= 15 is 0 Å². The molecule has 0 amide bonds. The van der Waals surface area contributed by atoms with Crippen LogP contribution in [-0.4, -0.2) is 4.40 Å². The van der Waals surface area contributed by atoms with Crippen molar-refractivity contribution in [3.63, 3.8) is 0 Å². The molecular formula is C20H15N. The first-order chi connectivity index (χ1) is 10.3. The zero-order chi connectivity index (χ0) is 14.1. The summed E-state index contributed by atoms with van der Waals surface area (Å²) >= 11 is 0. The van der Waals surface area contributed by atoms with Gasteiger partial charge in [-0.1, -0.05) is 54.6 Å². The average molecular weight is 269 g/mol. The maximum atomic E-state index is 2.47. The van der Waals surface area contributed by atoms with Crippen LogP contribution in [0.4, 0.5) is 0 Å². The monoisotopic (exact) mass is 269 g/mol. The molecule has 0 N–H and O–H groups in total. The normalized spacial score (nSPS) is 12.3. The van der Waals surface area contributed by atoms with E-state index in [0.717, 1.165) is 0 Å².